The van der Waals surface area contributed by atoms with Gasteiger partial charge >= 0.3 is 13.8 Å². The summed E-state index contributed by atoms with van der Waals surface area (Å²) in [5.74, 6) is -2.35. The Morgan fingerprint density at radius 3 is 2.57 bits per heavy atom. The fourth-order valence-corrected chi connectivity index (χ4v) is 5.81. The minimum absolute atomic E-state index is 0.0582. The minimum Gasteiger partial charge on any atom is -0.350 e. The monoisotopic (exact) mass is 615 g/mol. The van der Waals surface area contributed by atoms with E-state index in [1.54, 1.807) is 19.1 Å². The Hall–Kier alpha value is -3.61. The molecule has 1 unspecified atom stereocenters. The van der Waals surface area contributed by atoms with Crippen molar-refractivity contribution in [3.8, 4) is 0 Å². The molecule has 0 saturated carbocycles. The second-order valence-corrected chi connectivity index (χ2v) is 11.8. The van der Waals surface area contributed by atoms with Gasteiger partial charge in [-0.25, -0.2) is 8.78 Å². The van der Waals surface area contributed by atoms with Gasteiger partial charge in [-0.05, 0) is 31.5 Å². The van der Waals surface area contributed by atoms with E-state index in [0.717, 1.165) is 17.0 Å². The first-order valence-electron chi connectivity index (χ1n) is 12.7. The average molecular weight is 615 g/mol. The fraction of sp³-hybridized carbons (Fsp3) is 0.370. The Kier molecular flexibility index (Phi) is 8.91. The van der Waals surface area contributed by atoms with Crippen LogP contribution in [-0.2, 0) is 31.8 Å². The molecule has 0 radical (unpaired) electrons. The van der Waals surface area contributed by atoms with Crippen LogP contribution in [0.1, 0.15) is 34.8 Å². The molecular formula is C27H27F5N3O6P. The second kappa shape index (κ2) is 11.9. The van der Waals surface area contributed by atoms with Crippen LogP contribution < -0.4 is 10.6 Å². The predicted molar refractivity (Wildman–Crippen MR) is 141 cm³/mol. The highest BCUT2D eigenvalue weighted by atomic mass is 31.2. The highest BCUT2D eigenvalue weighted by Gasteiger charge is 2.40. The number of likely N-dealkylation sites (tertiary alicyclic amines) is 1. The summed E-state index contributed by atoms with van der Waals surface area (Å²) >= 11 is 0. The summed E-state index contributed by atoms with van der Waals surface area (Å²) in [5.41, 5.74) is 0.762. The van der Waals surface area contributed by atoms with E-state index in [4.69, 9.17) is 0 Å². The molecule has 1 aromatic heterocycles. The molecule has 2 N–H and O–H groups in total. The number of carbonyl (C=O) groups excluding carboxylic acids is 3. The van der Waals surface area contributed by atoms with E-state index in [0.29, 0.717) is 5.56 Å². The van der Waals surface area contributed by atoms with Crippen molar-refractivity contribution in [1.29, 1.82) is 0 Å². The number of ketones is 1. The molecule has 15 heteroatoms. The van der Waals surface area contributed by atoms with Crippen molar-refractivity contribution in [3.63, 3.8) is 0 Å². The Morgan fingerprint density at radius 1 is 1.19 bits per heavy atom. The Labute approximate surface area is 236 Å². The molecular weight excluding hydrogens is 588 g/mol. The number of nitrogens with one attached hydrogen (secondary N) is 1. The van der Waals surface area contributed by atoms with Crippen LogP contribution in [0.25, 0.3) is 10.9 Å². The number of hydrogen-bond donors (Lipinski definition) is 2. The van der Waals surface area contributed by atoms with Crippen molar-refractivity contribution >= 4 is 41.4 Å². The molecule has 0 bridgehead atoms. The van der Waals surface area contributed by atoms with Crippen molar-refractivity contribution in [3.05, 3.63) is 65.1 Å². The lowest BCUT2D eigenvalue weighted by molar-refractivity contribution is -0.154. The van der Waals surface area contributed by atoms with E-state index in [-0.39, 0.29) is 35.0 Å². The lowest BCUT2D eigenvalue weighted by atomic mass is 10.1. The fourth-order valence-electron chi connectivity index (χ4n) is 4.79. The van der Waals surface area contributed by atoms with E-state index in [1.807, 2.05) is 0 Å². The lowest BCUT2D eigenvalue weighted by Gasteiger charge is -2.24. The SMILES string of the molecule is CC(=O)c1cn(CC(=O)N2C[C@H](F)C[C@H]2C(=O)NCc2cccc(C)c2F)c2cc(P(=O)(O)OCC(F)(F)F)ccc12. The van der Waals surface area contributed by atoms with Gasteiger partial charge in [0.05, 0.1) is 17.4 Å². The molecule has 2 heterocycles. The second-order valence-electron chi connectivity index (χ2n) is 10.00. The number of hydrogen-bond acceptors (Lipinski definition) is 5. The van der Waals surface area contributed by atoms with Crippen LogP contribution in [0.3, 0.4) is 0 Å². The zero-order valence-corrected chi connectivity index (χ0v) is 23.3. The van der Waals surface area contributed by atoms with E-state index in [9.17, 15) is 45.8 Å². The van der Waals surface area contributed by atoms with Crippen molar-refractivity contribution in [2.75, 3.05) is 13.2 Å². The van der Waals surface area contributed by atoms with E-state index in [1.165, 1.54) is 29.8 Å². The van der Waals surface area contributed by atoms with Crippen LogP contribution in [0.5, 0.6) is 0 Å². The van der Waals surface area contributed by atoms with Crippen molar-refractivity contribution in [2.24, 2.45) is 0 Å². The molecule has 3 aromatic rings. The molecule has 2 aromatic carbocycles. The topological polar surface area (TPSA) is 118 Å². The van der Waals surface area contributed by atoms with Crippen LogP contribution in [0.2, 0.25) is 0 Å². The summed E-state index contributed by atoms with van der Waals surface area (Å²) in [6.45, 7) is -0.301. The number of aryl methyl sites for hydroxylation is 1. The summed E-state index contributed by atoms with van der Waals surface area (Å²) in [6.07, 6.45) is -5.40. The van der Waals surface area contributed by atoms with E-state index in [2.05, 4.69) is 9.84 Å². The van der Waals surface area contributed by atoms with Gasteiger partial charge in [0, 0.05) is 35.7 Å². The molecule has 0 spiro atoms. The lowest BCUT2D eigenvalue weighted by Crippen LogP contribution is -2.46. The predicted octanol–water partition coefficient (Wildman–Crippen LogP) is 3.94. The van der Waals surface area contributed by atoms with Gasteiger partial charge in [0.15, 0.2) is 12.4 Å². The van der Waals surface area contributed by atoms with Crippen molar-refractivity contribution in [1.82, 2.24) is 14.8 Å². The molecule has 42 heavy (non-hydrogen) atoms. The minimum atomic E-state index is -4.95. The van der Waals surface area contributed by atoms with Crippen LogP contribution >= 0.6 is 7.60 Å². The van der Waals surface area contributed by atoms with Crippen LogP contribution in [0.15, 0.2) is 42.6 Å². The number of nitrogens with zero attached hydrogens (tertiary/aromatic N) is 2. The number of aromatic nitrogens is 1. The van der Waals surface area contributed by atoms with Gasteiger partial charge in [-0.1, -0.05) is 24.3 Å². The Balaban J connectivity index is 1.57. The third-order valence-electron chi connectivity index (χ3n) is 6.88. The zero-order chi connectivity index (χ0) is 31.0. The van der Waals surface area contributed by atoms with Crippen LogP contribution in [0, 0.1) is 12.7 Å². The maximum atomic E-state index is 14.4. The van der Waals surface area contributed by atoms with Crippen molar-refractivity contribution < 1.29 is 50.3 Å². The normalized spacial score (nSPS) is 18.7. The summed E-state index contributed by atoms with van der Waals surface area (Å²) < 4.78 is 84.5. The summed E-state index contributed by atoms with van der Waals surface area (Å²) in [5, 5.41) is 2.27. The largest absolute Gasteiger partial charge is 0.412 e. The number of alkyl halides is 4. The zero-order valence-electron chi connectivity index (χ0n) is 22.5. The van der Waals surface area contributed by atoms with Gasteiger partial charge in [-0.3, -0.25) is 23.5 Å². The Morgan fingerprint density at radius 2 is 1.90 bits per heavy atom. The maximum Gasteiger partial charge on any atom is 0.412 e. The number of halogens is 5. The first-order chi connectivity index (χ1) is 19.6. The average Bonchev–Trinajstić information content (AvgIpc) is 3.48. The number of benzene rings is 2. The summed E-state index contributed by atoms with van der Waals surface area (Å²) in [4.78, 5) is 49.6. The van der Waals surface area contributed by atoms with Gasteiger partial charge in [-0.15, -0.1) is 0 Å². The molecule has 1 fully saturated rings. The number of Topliss-reactive ketones (excluding diaryl/α,β-unsaturated/α-hetero) is 1. The van der Waals surface area contributed by atoms with Gasteiger partial charge in [-0.2, -0.15) is 13.2 Å². The van der Waals surface area contributed by atoms with Crippen LogP contribution in [-0.4, -0.2) is 63.5 Å². The van der Waals surface area contributed by atoms with Gasteiger partial charge < -0.3 is 19.7 Å². The number of amides is 2. The molecule has 4 rings (SSSR count). The molecule has 1 aliphatic heterocycles. The number of carbonyl (C=O) groups is 3. The first kappa shape index (κ1) is 31.3. The molecule has 3 atom stereocenters. The van der Waals surface area contributed by atoms with Gasteiger partial charge in [0.1, 0.15) is 24.6 Å². The maximum absolute atomic E-state index is 14.4. The van der Waals surface area contributed by atoms with E-state index >= 15 is 0 Å². The molecule has 1 saturated heterocycles. The smallest absolute Gasteiger partial charge is 0.350 e. The summed E-state index contributed by atoms with van der Waals surface area (Å²) in [6, 6.07) is 6.78. The third kappa shape index (κ3) is 6.88. The molecule has 226 valence electrons. The van der Waals surface area contributed by atoms with E-state index < -0.39 is 74.4 Å². The van der Waals surface area contributed by atoms with Gasteiger partial charge in [0.2, 0.25) is 11.8 Å². The number of fused-ring (bicyclic) bond motifs is 1. The highest BCUT2D eigenvalue weighted by Crippen LogP contribution is 2.43. The quantitative estimate of drug-likeness (QED) is 0.214. The number of rotatable bonds is 9. The standard InChI is InChI=1S/C27H27F5N3O6P/c1-15-4-3-5-17(25(15)29)10-33-26(38)23-8-18(28)11-35(23)24(37)13-34-12-21(16(2)36)20-7-6-19(9-22(20)34)42(39,40)41-14-27(30,31)32/h3-7,9,12,18,23H,8,10-11,13-14H2,1-2H3,(H,33,38)(H,39,40)/t18-,23+/m1/s1. The molecule has 0 aliphatic carbocycles. The van der Waals surface area contributed by atoms with Gasteiger partial charge in [0.25, 0.3) is 0 Å². The molecule has 9 nitrogen and oxygen atoms in total. The summed E-state index contributed by atoms with van der Waals surface area (Å²) in [7, 11) is -4.95. The van der Waals surface area contributed by atoms with Crippen molar-refractivity contribution in [2.45, 2.75) is 51.7 Å². The Bertz CT molecular complexity index is 1590. The third-order valence-corrected chi connectivity index (χ3v) is 8.29. The molecule has 1 aliphatic rings. The molecule has 2 amide bonds. The first-order valence-corrected chi connectivity index (χ1v) is 14.3. The van der Waals surface area contributed by atoms with Crippen LogP contribution in [0.4, 0.5) is 22.0 Å². The highest BCUT2D eigenvalue weighted by molar-refractivity contribution is 7.61.